The van der Waals surface area contributed by atoms with Gasteiger partial charge < -0.3 is 14.2 Å². The van der Waals surface area contributed by atoms with Crippen LogP contribution >= 0.6 is 11.7 Å². The number of carbonyl (C=O) groups excluding carboxylic acids is 1. The minimum Gasteiger partial charge on any atom is -0.475 e. The molecule has 0 N–H and O–H groups in total. The number of hydrogen-bond acceptors (Lipinski definition) is 7. The number of likely N-dealkylation sites (N-methyl/N-ethyl adjacent to an activating group) is 1. The van der Waals surface area contributed by atoms with Gasteiger partial charge in [-0.25, -0.2) is 4.79 Å². The first kappa shape index (κ1) is 30.6. The maximum Gasteiger partial charge on any atom is 0.512 e. The van der Waals surface area contributed by atoms with E-state index in [1.807, 2.05) is 0 Å². The van der Waals surface area contributed by atoms with Crippen LogP contribution in [-0.4, -0.2) is 59.0 Å². The van der Waals surface area contributed by atoms with Gasteiger partial charge in [-0.2, -0.15) is 4.37 Å². The summed E-state index contributed by atoms with van der Waals surface area (Å²) in [6, 6.07) is 0. The fourth-order valence-corrected chi connectivity index (χ4v) is 5.37. The summed E-state index contributed by atoms with van der Waals surface area (Å²) in [5.74, 6) is 0.634. The zero-order valence-electron chi connectivity index (χ0n) is 23.3. The molecule has 1 aliphatic heterocycles. The van der Waals surface area contributed by atoms with E-state index in [1.165, 1.54) is 69.5 Å². The van der Waals surface area contributed by atoms with E-state index in [1.54, 1.807) is 0 Å². The molecule has 36 heavy (non-hydrogen) atoms. The second-order valence-corrected chi connectivity index (χ2v) is 10.8. The van der Waals surface area contributed by atoms with Gasteiger partial charge in [-0.05, 0) is 12.8 Å². The normalized spacial score (nSPS) is 18.5. The molecular weight excluding hydrogens is 474 g/mol. The molecule has 0 aliphatic carbocycles. The lowest BCUT2D eigenvalue weighted by Crippen LogP contribution is -2.56. The van der Waals surface area contributed by atoms with Crippen molar-refractivity contribution in [2.24, 2.45) is 0 Å². The highest BCUT2D eigenvalue weighted by Crippen LogP contribution is 2.32. The van der Waals surface area contributed by atoms with Crippen LogP contribution < -0.4 is 4.74 Å². The molecule has 1 aliphatic rings. The molecule has 0 fully saturated rings. The van der Waals surface area contributed by atoms with E-state index < -0.39 is 6.16 Å². The van der Waals surface area contributed by atoms with E-state index in [9.17, 15) is 4.79 Å². The van der Waals surface area contributed by atoms with E-state index in [0.717, 1.165) is 56.5 Å². The molecular formula is C28H50N3O4S+. The van der Waals surface area contributed by atoms with Crippen molar-refractivity contribution in [2.45, 2.75) is 117 Å². The molecule has 0 aromatic carbocycles. The summed E-state index contributed by atoms with van der Waals surface area (Å²) in [5.41, 5.74) is 1.96. The quantitative estimate of drug-likeness (QED) is 0.105. The highest BCUT2D eigenvalue weighted by molar-refractivity contribution is 6.99. The second kappa shape index (κ2) is 17.7. The third kappa shape index (κ3) is 10.8. The zero-order valence-corrected chi connectivity index (χ0v) is 24.1. The lowest BCUT2D eigenvalue weighted by molar-refractivity contribution is -0.947. The van der Waals surface area contributed by atoms with Crippen molar-refractivity contribution in [2.75, 3.05) is 33.4 Å². The van der Waals surface area contributed by atoms with E-state index in [2.05, 4.69) is 42.6 Å². The average molecular weight is 525 g/mol. The summed E-state index contributed by atoms with van der Waals surface area (Å²) in [6.45, 7) is 9.24. The molecule has 8 heteroatoms. The van der Waals surface area contributed by atoms with Gasteiger partial charge in [0.2, 0.25) is 6.23 Å². The van der Waals surface area contributed by atoms with E-state index in [0.29, 0.717) is 23.6 Å². The molecule has 2 unspecified atom stereocenters. The SMILES string of the molecule is CCCCCCCCCCOC(=O)OC(CC)[N+]1(C)CCC=C(c2nsnc2OCCCCCC)C1. The van der Waals surface area contributed by atoms with Crippen LogP contribution in [0.4, 0.5) is 4.79 Å². The Morgan fingerprint density at radius 1 is 0.944 bits per heavy atom. The summed E-state index contributed by atoms with van der Waals surface area (Å²) in [7, 11) is 2.15. The van der Waals surface area contributed by atoms with Gasteiger partial charge in [0.1, 0.15) is 12.2 Å². The van der Waals surface area contributed by atoms with Gasteiger partial charge in [-0.3, -0.25) is 4.48 Å². The molecule has 0 spiro atoms. The van der Waals surface area contributed by atoms with Crippen molar-refractivity contribution in [1.29, 1.82) is 0 Å². The number of quaternary nitrogens is 1. The number of nitrogens with zero attached hydrogens (tertiary/aromatic N) is 3. The van der Waals surface area contributed by atoms with Gasteiger partial charge in [0, 0.05) is 18.4 Å². The number of unbranched alkanes of at least 4 members (excludes halogenated alkanes) is 10. The molecule has 1 aromatic rings. The lowest BCUT2D eigenvalue weighted by Gasteiger charge is -2.42. The summed E-state index contributed by atoms with van der Waals surface area (Å²) in [4.78, 5) is 12.5. The lowest BCUT2D eigenvalue weighted by atomic mass is 10.0. The minimum atomic E-state index is -0.549. The van der Waals surface area contributed by atoms with Gasteiger partial charge in [0.25, 0.3) is 5.88 Å². The number of hydrogen-bond donors (Lipinski definition) is 0. The zero-order chi connectivity index (χ0) is 26.1. The Bertz CT molecular complexity index is 770. The predicted molar refractivity (Wildman–Crippen MR) is 147 cm³/mol. The van der Waals surface area contributed by atoms with Crippen LogP contribution in [-0.2, 0) is 9.47 Å². The van der Waals surface area contributed by atoms with E-state index in [-0.39, 0.29) is 6.23 Å². The number of carbonyl (C=O) groups is 1. The number of rotatable bonds is 19. The third-order valence-electron chi connectivity index (χ3n) is 7.06. The smallest absolute Gasteiger partial charge is 0.475 e. The Morgan fingerprint density at radius 3 is 2.28 bits per heavy atom. The predicted octanol–water partition coefficient (Wildman–Crippen LogP) is 7.76. The first-order chi connectivity index (χ1) is 17.5. The average Bonchev–Trinajstić information content (AvgIpc) is 3.34. The Balaban J connectivity index is 1.79. The Labute approximate surface area is 223 Å². The van der Waals surface area contributed by atoms with Crippen molar-refractivity contribution in [1.82, 2.24) is 8.75 Å². The molecule has 7 nitrogen and oxygen atoms in total. The Kier molecular flexibility index (Phi) is 15.0. The summed E-state index contributed by atoms with van der Waals surface area (Å²) in [6.07, 6.45) is 17.4. The van der Waals surface area contributed by atoms with Gasteiger partial charge in [-0.1, -0.05) is 91.1 Å². The highest BCUT2D eigenvalue weighted by atomic mass is 32.1. The molecule has 0 amide bonds. The number of ether oxygens (including phenoxy) is 3. The monoisotopic (exact) mass is 524 g/mol. The summed E-state index contributed by atoms with van der Waals surface area (Å²) in [5, 5.41) is 0. The Hall–Kier alpha value is -1.67. The van der Waals surface area contributed by atoms with Crippen LogP contribution in [0.1, 0.15) is 116 Å². The fraction of sp³-hybridized carbons (Fsp3) is 0.821. The standard InChI is InChI=1S/C28H50N3O4S/c1-5-8-10-12-13-14-15-17-22-34-28(32)35-25(7-3)31(4)20-18-19-24(23-31)26-27(30-36-29-26)33-21-16-11-9-6-2/h19,25H,5-18,20-23H2,1-4H3/q+1. The molecule has 0 bridgehead atoms. The van der Waals surface area contributed by atoms with Crippen LogP contribution in [0.5, 0.6) is 5.88 Å². The molecule has 0 saturated carbocycles. The maximum atomic E-state index is 12.5. The highest BCUT2D eigenvalue weighted by Gasteiger charge is 2.38. The fourth-order valence-electron chi connectivity index (χ4n) is 4.84. The first-order valence-corrected chi connectivity index (χ1v) is 15.1. The van der Waals surface area contributed by atoms with E-state index >= 15 is 0 Å². The second-order valence-electron chi connectivity index (χ2n) is 10.3. The molecule has 0 radical (unpaired) electrons. The van der Waals surface area contributed by atoms with Crippen LogP contribution in [0.15, 0.2) is 6.08 Å². The number of aromatic nitrogens is 2. The van der Waals surface area contributed by atoms with Crippen LogP contribution in [0.25, 0.3) is 5.57 Å². The van der Waals surface area contributed by atoms with Gasteiger partial charge in [0.15, 0.2) is 0 Å². The van der Waals surface area contributed by atoms with Crippen molar-refractivity contribution in [3.05, 3.63) is 11.8 Å². The van der Waals surface area contributed by atoms with Crippen LogP contribution in [0.3, 0.4) is 0 Å². The van der Waals surface area contributed by atoms with Crippen molar-refractivity contribution < 1.29 is 23.5 Å². The van der Waals surface area contributed by atoms with Gasteiger partial charge >= 0.3 is 6.16 Å². The Morgan fingerprint density at radius 2 is 1.58 bits per heavy atom. The summed E-state index contributed by atoms with van der Waals surface area (Å²) >= 11 is 1.19. The first-order valence-electron chi connectivity index (χ1n) is 14.4. The molecule has 0 saturated heterocycles. The maximum absolute atomic E-state index is 12.5. The van der Waals surface area contributed by atoms with Crippen LogP contribution in [0.2, 0.25) is 0 Å². The van der Waals surface area contributed by atoms with Crippen molar-refractivity contribution in [3.63, 3.8) is 0 Å². The topological polar surface area (TPSA) is 70.5 Å². The molecule has 206 valence electrons. The van der Waals surface area contributed by atoms with Crippen molar-refractivity contribution >= 4 is 23.5 Å². The molecule has 2 atom stereocenters. The minimum absolute atomic E-state index is 0.259. The van der Waals surface area contributed by atoms with Crippen LogP contribution in [0, 0.1) is 0 Å². The van der Waals surface area contributed by atoms with Gasteiger partial charge in [-0.15, -0.1) is 4.37 Å². The molecule has 2 rings (SSSR count). The van der Waals surface area contributed by atoms with E-state index in [4.69, 9.17) is 14.2 Å². The third-order valence-corrected chi connectivity index (χ3v) is 7.57. The molecule has 2 heterocycles. The largest absolute Gasteiger partial charge is 0.512 e. The van der Waals surface area contributed by atoms with Gasteiger partial charge in [0.05, 0.1) is 38.5 Å². The summed E-state index contributed by atoms with van der Waals surface area (Å²) < 4.78 is 26.8. The molecule has 1 aromatic heterocycles. The van der Waals surface area contributed by atoms with Crippen molar-refractivity contribution in [3.8, 4) is 5.88 Å².